The Morgan fingerprint density at radius 2 is 2.11 bits per heavy atom. The fourth-order valence-corrected chi connectivity index (χ4v) is 3.42. The minimum atomic E-state index is 0.505. The largest absolute Gasteiger partial charge is 0.365 e. The van der Waals surface area contributed by atoms with Crippen molar-refractivity contribution >= 4 is 16.9 Å². The van der Waals surface area contributed by atoms with Gasteiger partial charge in [-0.3, -0.25) is 4.99 Å². The van der Waals surface area contributed by atoms with Gasteiger partial charge in [-0.1, -0.05) is 49.0 Å². The van der Waals surface area contributed by atoms with Gasteiger partial charge in [0.25, 0.3) is 0 Å². The third-order valence-electron chi connectivity index (χ3n) is 3.83. The third kappa shape index (κ3) is 2.89. The molecule has 3 rings (SSSR count). The van der Waals surface area contributed by atoms with Crippen molar-refractivity contribution in [1.82, 2.24) is 5.32 Å². The molecule has 1 heterocycles. The molecule has 0 aromatic heterocycles. The number of nitrogens with zero attached hydrogens (tertiary/aromatic N) is 1. The molecule has 0 amide bonds. The zero-order valence-corrected chi connectivity index (χ0v) is 11.6. The monoisotopic (exact) mass is 260 g/mol. The summed E-state index contributed by atoms with van der Waals surface area (Å²) in [6, 6.07) is 10.7. The molecular weight excluding hydrogens is 240 g/mol. The molecule has 1 aromatic carbocycles. The maximum absolute atomic E-state index is 4.61. The molecule has 0 saturated heterocycles. The summed E-state index contributed by atoms with van der Waals surface area (Å²) < 4.78 is 0. The van der Waals surface area contributed by atoms with E-state index in [1.165, 1.54) is 18.4 Å². The first-order valence-corrected chi connectivity index (χ1v) is 7.71. The highest BCUT2D eigenvalue weighted by molar-refractivity contribution is 8.14. The van der Waals surface area contributed by atoms with Gasteiger partial charge in [-0.25, -0.2) is 0 Å². The number of thioether (sulfide) groups is 1. The predicted molar refractivity (Wildman–Crippen MR) is 79.0 cm³/mol. The highest BCUT2D eigenvalue weighted by Gasteiger charge is 2.28. The lowest BCUT2D eigenvalue weighted by Gasteiger charge is -2.13. The third-order valence-corrected chi connectivity index (χ3v) is 5.03. The lowest BCUT2D eigenvalue weighted by molar-refractivity contribution is 0.501. The van der Waals surface area contributed by atoms with Gasteiger partial charge in [0.1, 0.15) is 0 Å². The second-order valence-electron chi connectivity index (χ2n) is 5.36. The Labute approximate surface area is 113 Å². The van der Waals surface area contributed by atoms with Crippen LogP contribution in [0.15, 0.2) is 35.3 Å². The highest BCUT2D eigenvalue weighted by Crippen LogP contribution is 2.37. The van der Waals surface area contributed by atoms with Crippen molar-refractivity contribution in [3.05, 3.63) is 35.9 Å². The number of hydrogen-bond donors (Lipinski definition) is 1. The lowest BCUT2D eigenvalue weighted by Crippen LogP contribution is -2.26. The summed E-state index contributed by atoms with van der Waals surface area (Å²) in [6.07, 6.45) is 2.85. The molecule has 2 aliphatic rings. The van der Waals surface area contributed by atoms with Crippen molar-refractivity contribution in [2.24, 2.45) is 16.8 Å². The van der Waals surface area contributed by atoms with Crippen LogP contribution in [-0.4, -0.2) is 18.3 Å². The molecule has 2 atom stereocenters. The summed E-state index contributed by atoms with van der Waals surface area (Å²) in [7, 11) is 0. The molecule has 1 saturated carbocycles. The summed E-state index contributed by atoms with van der Waals surface area (Å²) >= 11 is 1.88. The van der Waals surface area contributed by atoms with E-state index in [-0.39, 0.29) is 0 Å². The molecule has 2 unspecified atom stereocenters. The Morgan fingerprint density at radius 3 is 2.83 bits per heavy atom. The fraction of sp³-hybridized carbons (Fsp3) is 0.533. The van der Waals surface area contributed by atoms with Crippen LogP contribution in [0.1, 0.15) is 30.6 Å². The molecule has 3 heteroatoms. The predicted octanol–water partition coefficient (Wildman–Crippen LogP) is 3.47. The molecule has 0 spiro atoms. The van der Waals surface area contributed by atoms with Crippen LogP contribution >= 0.6 is 11.8 Å². The molecule has 0 bridgehead atoms. The van der Waals surface area contributed by atoms with E-state index in [1.54, 1.807) is 0 Å². The van der Waals surface area contributed by atoms with Crippen molar-refractivity contribution in [3.63, 3.8) is 0 Å². The normalized spacial score (nSPS) is 24.7. The van der Waals surface area contributed by atoms with Gasteiger partial charge in [-0.15, -0.1) is 0 Å². The number of rotatable bonds is 4. The van der Waals surface area contributed by atoms with Crippen LogP contribution in [0.2, 0.25) is 0 Å². The smallest absolute Gasteiger partial charge is 0.157 e. The van der Waals surface area contributed by atoms with Gasteiger partial charge in [0.05, 0.1) is 11.8 Å². The minimum Gasteiger partial charge on any atom is -0.365 e. The summed E-state index contributed by atoms with van der Waals surface area (Å²) in [5.41, 5.74) is 1.39. The van der Waals surface area contributed by atoms with Gasteiger partial charge in [0.15, 0.2) is 5.17 Å². The van der Waals surface area contributed by atoms with Gasteiger partial charge in [-0.05, 0) is 30.2 Å². The lowest BCUT2D eigenvalue weighted by atomic mass is 10.1. The molecule has 1 aliphatic carbocycles. The number of hydrogen-bond acceptors (Lipinski definition) is 3. The van der Waals surface area contributed by atoms with E-state index in [9.17, 15) is 0 Å². The van der Waals surface area contributed by atoms with Crippen molar-refractivity contribution in [3.8, 4) is 0 Å². The van der Waals surface area contributed by atoms with Crippen molar-refractivity contribution in [1.29, 1.82) is 0 Å². The Balaban J connectivity index is 1.48. The van der Waals surface area contributed by atoms with E-state index in [1.807, 2.05) is 11.8 Å². The molecule has 0 radical (unpaired) electrons. The highest BCUT2D eigenvalue weighted by atomic mass is 32.2. The van der Waals surface area contributed by atoms with Gasteiger partial charge >= 0.3 is 0 Å². The molecule has 1 N–H and O–H groups in total. The first kappa shape index (κ1) is 12.1. The van der Waals surface area contributed by atoms with E-state index in [0.29, 0.717) is 5.25 Å². The van der Waals surface area contributed by atoms with Crippen LogP contribution in [0.5, 0.6) is 0 Å². The summed E-state index contributed by atoms with van der Waals surface area (Å²) in [5, 5.41) is 5.16. The molecule has 1 aromatic rings. The first-order valence-electron chi connectivity index (χ1n) is 6.83. The zero-order chi connectivity index (χ0) is 12.4. The fourth-order valence-electron chi connectivity index (χ4n) is 2.39. The van der Waals surface area contributed by atoms with Gasteiger partial charge < -0.3 is 5.32 Å². The summed E-state index contributed by atoms with van der Waals surface area (Å²) in [4.78, 5) is 4.61. The Morgan fingerprint density at radius 1 is 1.33 bits per heavy atom. The maximum atomic E-state index is 4.61. The average Bonchev–Trinajstić information content (AvgIpc) is 3.16. The van der Waals surface area contributed by atoms with Crippen molar-refractivity contribution in [2.75, 3.05) is 13.1 Å². The molecular formula is C15H20N2S. The van der Waals surface area contributed by atoms with Gasteiger partial charge in [0.2, 0.25) is 0 Å². The summed E-state index contributed by atoms with van der Waals surface area (Å²) in [5.74, 6) is 1.76. The van der Waals surface area contributed by atoms with Crippen LogP contribution in [0.4, 0.5) is 0 Å². The number of amidine groups is 1. The number of nitrogens with one attached hydrogen (secondary N) is 1. The molecule has 1 fully saturated rings. The van der Waals surface area contributed by atoms with E-state index in [4.69, 9.17) is 0 Å². The standard InChI is InChI=1S/C15H20N2S/c1-11(12-7-8-12)9-16-15-17-10-14(18-15)13-5-3-2-4-6-13/h2-6,11-12,14H,7-10H2,1H3,(H,16,17). The van der Waals surface area contributed by atoms with E-state index >= 15 is 0 Å². The van der Waals surface area contributed by atoms with Crippen LogP contribution < -0.4 is 5.32 Å². The first-order chi connectivity index (χ1) is 8.83. The topological polar surface area (TPSA) is 24.4 Å². The average molecular weight is 260 g/mol. The van der Waals surface area contributed by atoms with Crippen LogP contribution in [0.25, 0.3) is 0 Å². The van der Waals surface area contributed by atoms with E-state index < -0.39 is 0 Å². The molecule has 96 valence electrons. The molecule has 1 aliphatic heterocycles. The Bertz CT molecular complexity index is 425. The zero-order valence-electron chi connectivity index (χ0n) is 10.8. The van der Waals surface area contributed by atoms with Gasteiger partial charge in [0, 0.05) is 6.54 Å². The second kappa shape index (κ2) is 5.35. The minimum absolute atomic E-state index is 0.505. The van der Waals surface area contributed by atoms with Crippen molar-refractivity contribution < 1.29 is 0 Å². The quantitative estimate of drug-likeness (QED) is 0.896. The molecule has 18 heavy (non-hydrogen) atoms. The maximum Gasteiger partial charge on any atom is 0.157 e. The van der Waals surface area contributed by atoms with Crippen LogP contribution in [0, 0.1) is 11.8 Å². The van der Waals surface area contributed by atoms with Crippen molar-refractivity contribution in [2.45, 2.75) is 25.0 Å². The Hall–Kier alpha value is -0.960. The second-order valence-corrected chi connectivity index (χ2v) is 6.55. The summed E-state index contributed by atoms with van der Waals surface area (Å²) in [6.45, 7) is 4.34. The number of benzene rings is 1. The van der Waals surface area contributed by atoms with Crippen LogP contribution in [0.3, 0.4) is 0 Å². The SMILES string of the molecule is CC(CNC1=NCC(c2ccccc2)S1)C1CC1. The van der Waals surface area contributed by atoms with Crippen LogP contribution in [-0.2, 0) is 0 Å². The Kier molecular flexibility index (Phi) is 3.59. The van der Waals surface area contributed by atoms with E-state index in [2.05, 4.69) is 47.6 Å². The molecule has 2 nitrogen and oxygen atoms in total. The number of aliphatic imine (C=N–C) groups is 1. The van der Waals surface area contributed by atoms with Gasteiger partial charge in [-0.2, -0.15) is 0 Å². The van der Waals surface area contributed by atoms with E-state index in [0.717, 1.165) is 30.1 Å².